The molecule has 1 rings (SSSR count). The van der Waals surface area contributed by atoms with Gasteiger partial charge in [-0.05, 0) is 31.5 Å². The summed E-state index contributed by atoms with van der Waals surface area (Å²) >= 11 is 0. The van der Waals surface area contributed by atoms with Gasteiger partial charge < -0.3 is 10.1 Å². The van der Waals surface area contributed by atoms with Crippen LogP contribution in [0.2, 0.25) is 0 Å². The monoisotopic (exact) mass is 250 g/mol. The topological polar surface area (TPSA) is 67.4 Å². The smallest absolute Gasteiger partial charge is 0.322 e. The third kappa shape index (κ3) is 4.55. The number of aryl methyl sites for hydroxylation is 1. The molecule has 0 aromatic heterocycles. The largest absolute Gasteiger partial charge is 0.468 e. The highest BCUT2D eigenvalue weighted by atomic mass is 16.5. The molecule has 5 heteroatoms. The van der Waals surface area contributed by atoms with Gasteiger partial charge in [0.15, 0.2) is 0 Å². The van der Waals surface area contributed by atoms with Gasteiger partial charge in [0, 0.05) is 5.69 Å². The lowest BCUT2D eigenvalue weighted by atomic mass is 10.2. The minimum Gasteiger partial charge on any atom is -0.468 e. The molecule has 1 aromatic carbocycles. The van der Waals surface area contributed by atoms with Gasteiger partial charge in [0.05, 0.1) is 13.7 Å². The molecule has 1 unspecified atom stereocenters. The molecule has 98 valence electrons. The Morgan fingerprint density at radius 2 is 2.11 bits per heavy atom. The molecule has 1 aromatic rings. The standard InChI is InChI=1S/C13H18N2O3/c1-9-5-4-6-11(7-9)15-12(16)8-14-10(2)13(17)18-3/h4-7,10,14H,8H2,1-3H3,(H,15,16). The van der Waals surface area contributed by atoms with Crippen LogP contribution in [0.25, 0.3) is 0 Å². The lowest BCUT2D eigenvalue weighted by Gasteiger charge is -2.11. The molecule has 0 heterocycles. The van der Waals surface area contributed by atoms with Gasteiger partial charge in [-0.2, -0.15) is 0 Å². The average molecular weight is 250 g/mol. The zero-order valence-electron chi connectivity index (χ0n) is 10.8. The molecule has 0 bridgehead atoms. The first kappa shape index (κ1) is 14.2. The minimum atomic E-state index is -0.502. The van der Waals surface area contributed by atoms with Gasteiger partial charge in [-0.3, -0.25) is 14.9 Å². The molecule has 0 aliphatic rings. The Bertz CT molecular complexity index is 432. The fraction of sp³-hybridized carbons (Fsp3) is 0.385. The van der Waals surface area contributed by atoms with E-state index in [-0.39, 0.29) is 12.5 Å². The molecule has 0 saturated heterocycles. The van der Waals surface area contributed by atoms with Crippen LogP contribution in [0.4, 0.5) is 5.69 Å². The highest BCUT2D eigenvalue weighted by molar-refractivity contribution is 5.92. The average Bonchev–Trinajstić information content (AvgIpc) is 2.35. The predicted molar refractivity (Wildman–Crippen MR) is 69.3 cm³/mol. The van der Waals surface area contributed by atoms with Gasteiger partial charge in [0.25, 0.3) is 0 Å². The van der Waals surface area contributed by atoms with Crippen LogP contribution >= 0.6 is 0 Å². The number of amides is 1. The highest BCUT2D eigenvalue weighted by Crippen LogP contribution is 2.08. The normalized spacial score (nSPS) is 11.7. The Morgan fingerprint density at radius 1 is 1.39 bits per heavy atom. The van der Waals surface area contributed by atoms with Gasteiger partial charge >= 0.3 is 5.97 Å². The minimum absolute atomic E-state index is 0.0597. The molecule has 2 N–H and O–H groups in total. The first-order valence-corrected chi connectivity index (χ1v) is 5.70. The number of nitrogens with one attached hydrogen (secondary N) is 2. The Labute approximate surface area is 107 Å². The van der Waals surface area contributed by atoms with Crippen molar-refractivity contribution in [2.75, 3.05) is 19.0 Å². The highest BCUT2D eigenvalue weighted by Gasteiger charge is 2.13. The maximum absolute atomic E-state index is 11.6. The van der Waals surface area contributed by atoms with E-state index >= 15 is 0 Å². The molecule has 0 fully saturated rings. The maximum atomic E-state index is 11.6. The van der Waals surface area contributed by atoms with E-state index in [4.69, 9.17) is 0 Å². The number of hydrogen-bond donors (Lipinski definition) is 2. The van der Waals surface area contributed by atoms with Crippen molar-refractivity contribution in [3.8, 4) is 0 Å². The van der Waals surface area contributed by atoms with Crippen LogP contribution in [0, 0.1) is 6.92 Å². The summed E-state index contributed by atoms with van der Waals surface area (Å²) in [5.41, 5.74) is 1.82. The Kier molecular flexibility index (Phi) is 5.32. The van der Waals surface area contributed by atoms with E-state index in [0.717, 1.165) is 11.3 Å². The summed E-state index contributed by atoms with van der Waals surface area (Å²) in [6, 6.07) is 7.01. The van der Waals surface area contributed by atoms with Crippen molar-refractivity contribution in [2.45, 2.75) is 19.9 Å². The van der Waals surface area contributed by atoms with Gasteiger partial charge in [-0.1, -0.05) is 12.1 Å². The Hall–Kier alpha value is -1.88. The summed E-state index contributed by atoms with van der Waals surface area (Å²) in [5, 5.41) is 5.52. The zero-order valence-corrected chi connectivity index (χ0v) is 10.8. The quantitative estimate of drug-likeness (QED) is 0.767. The SMILES string of the molecule is COC(=O)C(C)NCC(=O)Nc1cccc(C)c1. The van der Waals surface area contributed by atoms with E-state index in [1.807, 2.05) is 31.2 Å². The van der Waals surface area contributed by atoms with Gasteiger partial charge in [0.1, 0.15) is 6.04 Å². The lowest BCUT2D eigenvalue weighted by molar-refractivity contribution is -0.142. The van der Waals surface area contributed by atoms with Crippen molar-refractivity contribution < 1.29 is 14.3 Å². The zero-order chi connectivity index (χ0) is 13.5. The van der Waals surface area contributed by atoms with E-state index in [1.165, 1.54) is 7.11 Å². The Balaban J connectivity index is 2.41. The summed E-state index contributed by atoms with van der Waals surface area (Å²) in [6.07, 6.45) is 0. The molecule has 0 spiro atoms. The number of carbonyl (C=O) groups is 2. The Morgan fingerprint density at radius 3 is 2.72 bits per heavy atom. The third-order valence-electron chi connectivity index (χ3n) is 2.43. The van der Waals surface area contributed by atoms with Crippen molar-refractivity contribution >= 4 is 17.6 Å². The molecule has 0 saturated carbocycles. The van der Waals surface area contributed by atoms with Crippen molar-refractivity contribution in [1.29, 1.82) is 0 Å². The molecular formula is C13H18N2O3. The maximum Gasteiger partial charge on any atom is 0.322 e. The van der Waals surface area contributed by atoms with Crippen LogP contribution in [0.3, 0.4) is 0 Å². The van der Waals surface area contributed by atoms with Gasteiger partial charge in [-0.15, -0.1) is 0 Å². The summed E-state index contributed by atoms with van der Waals surface area (Å²) in [7, 11) is 1.31. The van der Waals surface area contributed by atoms with Crippen LogP contribution in [0.15, 0.2) is 24.3 Å². The molecule has 1 amide bonds. The molecule has 5 nitrogen and oxygen atoms in total. The number of benzene rings is 1. The number of anilines is 1. The third-order valence-corrected chi connectivity index (χ3v) is 2.43. The van der Waals surface area contributed by atoms with Crippen LogP contribution in [0.5, 0.6) is 0 Å². The van der Waals surface area contributed by atoms with Crippen molar-refractivity contribution in [3.05, 3.63) is 29.8 Å². The molecule has 0 aliphatic heterocycles. The molecular weight excluding hydrogens is 232 g/mol. The number of esters is 1. The number of methoxy groups -OCH3 is 1. The molecule has 1 atom stereocenters. The summed E-state index contributed by atoms with van der Waals surface area (Å²) < 4.78 is 4.55. The van der Waals surface area contributed by atoms with E-state index in [1.54, 1.807) is 6.92 Å². The lowest BCUT2D eigenvalue weighted by Crippen LogP contribution is -2.39. The summed E-state index contributed by atoms with van der Waals surface area (Å²) in [5.74, 6) is -0.588. The first-order valence-electron chi connectivity index (χ1n) is 5.70. The number of carbonyl (C=O) groups excluding carboxylic acids is 2. The van der Waals surface area contributed by atoms with Crippen LogP contribution in [-0.4, -0.2) is 31.6 Å². The van der Waals surface area contributed by atoms with E-state index < -0.39 is 12.0 Å². The predicted octanol–water partition coefficient (Wildman–Crippen LogP) is 1.08. The second kappa shape index (κ2) is 6.76. The van der Waals surface area contributed by atoms with E-state index in [9.17, 15) is 9.59 Å². The number of rotatable bonds is 5. The van der Waals surface area contributed by atoms with Crippen molar-refractivity contribution in [3.63, 3.8) is 0 Å². The molecule has 0 radical (unpaired) electrons. The van der Waals surface area contributed by atoms with Crippen LogP contribution in [0.1, 0.15) is 12.5 Å². The van der Waals surface area contributed by atoms with Crippen molar-refractivity contribution in [1.82, 2.24) is 5.32 Å². The first-order chi connectivity index (χ1) is 8.52. The molecule has 0 aliphatic carbocycles. The fourth-order valence-electron chi connectivity index (χ4n) is 1.43. The summed E-state index contributed by atoms with van der Waals surface area (Å²) in [6.45, 7) is 3.66. The van der Waals surface area contributed by atoms with Gasteiger partial charge in [0.2, 0.25) is 5.91 Å². The molecule has 18 heavy (non-hydrogen) atoms. The van der Waals surface area contributed by atoms with Crippen LogP contribution < -0.4 is 10.6 Å². The second-order valence-corrected chi connectivity index (χ2v) is 4.04. The van der Waals surface area contributed by atoms with Crippen molar-refractivity contribution in [2.24, 2.45) is 0 Å². The second-order valence-electron chi connectivity index (χ2n) is 4.04. The number of hydrogen-bond acceptors (Lipinski definition) is 4. The van der Waals surface area contributed by atoms with E-state index in [0.29, 0.717) is 0 Å². The fourth-order valence-corrected chi connectivity index (χ4v) is 1.43. The van der Waals surface area contributed by atoms with Gasteiger partial charge in [-0.25, -0.2) is 0 Å². The van der Waals surface area contributed by atoms with Crippen LogP contribution in [-0.2, 0) is 14.3 Å². The van der Waals surface area contributed by atoms with E-state index in [2.05, 4.69) is 15.4 Å². The number of ether oxygens (including phenoxy) is 1. The summed E-state index contributed by atoms with van der Waals surface area (Å²) in [4.78, 5) is 22.7.